The molecule has 19 heavy (non-hydrogen) atoms. The molecule has 1 aliphatic heterocycles. The molecule has 0 radical (unpaired) electrons. The van der Waals surface area contributed by atoms with Crippen molar-refractivity contribution >= 4 is 12.4 Å². The number of benzene rings is 1. The molecule has 1 saturated heterocycles. The number of rotatable bonds is 2. The van der Waals surface area contributed by atoms with Crippen LogP contribution in [0.1, 0.15) is 30.6 Å². The van der Waals surface area contributed by atoms with Gasteiger partial charge in [-0.1, -0.05) is 13.0 Å². The summed E-state index contributed by atoms with van der Waals surface area (Å²) in [5.41, 5.74) is 2.76. The molecule has 1 fully saturated rings. The van der Waals surface area contributed by atoms with Crippen molar-refractivity contribution in [3.05, 3.63) is 29.3 Å². The highest BCUT2D eigenvalue weighted by molar-refractivity contribution is 5.85. The van der Waals surface area contributed by atoms with E-state index in [2.05, 4.69) is 30.0 Å². The van der Waals surface area contributed by atoms with Crippen molar-refractivity contribution in [2.45, 2.75) is 31.9 Å². The van der Waals surface area contributed by atoms with Crippen LogP contribution in [0.4, 0.5) is 0 Å². The summed E-state index contributed by atoms with van der Waals surface area (Å²) in [7, 11) is 1.72. The van der Waals surface area contributed by atoms with Crippen molar-refractivity contribution in [1.29, 1.82) is 0 Å². The fourth-order valence-electron chi connectivity index (χ4n) is 3.28. The summed E-state index contributed by atoms with van der Waals surface area (Å²) in [4.78, 5) is 2.55. The minimum absolute atomic E-state index is 0. The van der Waals surface area contributed by atoms with E-state index in [-0.39, 0.29) is 18.5 Å². The van der Waals surface area contributed by atoms with Gasteiger partial charge in [0.2, 0.25) is 0 Å². The van der Waals surface area contributed by atoms with Gasteiger partial charge in [-0.15, -0.1) is 12.4 Å². The van der Waals surface area contributed by atoms with Crippen molar-refractivity contribution in [3.8, 4) is 5.75 Å². The van der Waals surface area contributed by atoms with Crippen molar-refractivity contribution < 1.29 is 9.47 Å². The number of hydrogen-bond donors (Lipinski definition) is 0. The summed E-state index contributed by atoms with van der Waals surface area (Å²) < 4.78 is 11.4. The van der Waals surface area contributed by atoms with Gasteiger partial charge in [0.1, 0.15) is 5.75 Å². The van der Waals surface area contributed by atoms with Gasteiger partial charge in [0, 0.05) is 12.6 Å². The monoisotopic (exact) mass is 283 g/mol. The largest absolute Gasteiger partial charge is 0.497 e. The topological polar surface area (TPSA) is 21.7 Å². The molecule has 1 aromatic carbocycles. The Hall–Kier alpha value is -0.770. The van der Waals surface area contributed by atoms with Crippen LogP contribution in [0, 0.1) is 0 Å². The molecule has 1 heterocycles. The number of methoxy groups -OCH3 is 1. The van der Waals surface area contributed by atoms with Crippen LogP contribution in [0.3, 0.4) is 0 Å². The fraction of sp³-hybridized carbons (Fsp3) is 0.600. The molecule has 0 saturated carbocycles. The van der Waals surface area contributed by atoms with Gasteiger partial charge < -0.3 is 9.47 Å². The summed E-state index contributed by atoms with van der Waals surface area (Å²) in [5.74, 6) is 0.937. The highest BCUT2D eigenvalue weighted by atomic mass is 35.5. The van der Waals surface area contributed by atoms with Crippen molar-refractivity contribution in [2.75, 3.05) is 26.8 Å². The zero-order valence-corrected chi connectivity index (χ0v) is 12.4. The standard InChI is InChI=1S/C15H21NO2.ClH/c1-3-16-8-9-18-15-13-10-12(17-2)6-4-11(13)5-7-14(15)16;/h4,6,10,14-15H,3,5,7-9H2,1-2H3;1H/t14-,15-;/m1./s1. The molecule has 0 amide bonds. The Morgan fingerprint density at radius 1 is 1.42 bits per heavy atom. The quantitative estimate of drug-likeness (QED) is 0.833. The van der Waals surface area contributed by atoms with Crippen LogP contribution >= 0.6 is 12.4 Å². The molecular weight excluding hydrogens is 262 g/mol. The average molecular weight is 284 g/mol. The Labute approximate surface area is 121 Å². The second-order valence-electron chi connectivity index (χ2n) is 5.09. The lowest BCUT2D eigenvalue weighted by Gasteiger charge is -2.44. The number of morpholine rings is 1. The SMILES string of the molecule is CCN1CCO[C@@H]2c3cc(OC)ccc3CC[C@H]21.Cl. The first kappa shape index (κ1) is 14.6. The molecule has 1 aromatic rings. The second kappa shape index (κ2) is 6.12. The first-order valence-corrected chi connectivity index (χ1v) is 6.86. The third-order valence-corrected chi connectivity index (χ3v) is 4.27. The molecule has 106 valence electrons. The fourth-order valence-corrected chi connectivity index (χ4v) is 3.28. The summed E-state index contributed by atoms with van der Waals surface area (Å²) in [6, 6.07) is 6.95. The second-order valence-corrected chi connectivity index (χ2v) is 5.09. The molecule has 0 bridgehead atoms. The Morgan fingerprint density at radius 2 is 2.26 bits per heavy atom. The zero-order chi connectivity index (χ0) is 12.5. The van der Waals surface area contributed by atoms with E-state index < -0.39 is 0 Å². The van der Waals surface area contributed by atoms with E-state index in [1.54, 1.807) is 7.11 Å². The molecule has 2 atom stereocenters. The van der Waals surface area contributed by atoms with Crippen LogP contribution in [0.15, 0.2) is 18.2 Å². The van der Waals surface area contributed by atoms with Gasteiger partial charge in [0.25, 0.3) is 0 Å². The maximum absolute atomic E-state index is 6.04. The number of nitrogens with zero attached hydrogens (tertiary/aromatic N) is 1. The Morgan fingerprint density at radius 3 is 3.00 bits per heavy atom. The predicted molar refractivity (Wildman–Crippen MR) is 78.3 cm³/mol. The summed E-state index contributed by atoms with van der Waals surface area (Å²) in [6.07, 6.45) is 2.59. The molecule has 0 N–H and O–H groups in total. The number of fused-ring (bicyclic) bond motifs is 3. The number of likely N-dealkylation sites (N-methyl/N-ethyl adjacent to an activating group) is 1. The lowest BCUT2D eigenvalue weighted by molar-refractivity contribution is -0.0784. The molecule has 0 aromatic heterocycles. The van der Waals surface area contributed by atoms with E-state index >= 15 is 0 Å². The summed E-state index contributed by atoms with van der Waals surface area (Å²) >= 11 is 0. The van der Waals surface area contributed by atoms with E-state index in [4.69, 9.17) is 9.47 Å². The number of halogens is 1. The maximum Gasteiger partial charge on any atom is 0.119 e. The summed E-state index contributed by atoms with van der Waals surface area (Å²) in [5, 5.41) is 0. The Kier molecular flexibility index (Phi) is 4.71. The molecule has 3 rings (SSSR count). The lowest BCUT2D eigenvalue weighted by atomic mass is 9.84. The lowest BCUT2D eigenvalue weighted by Crippen LogP contribution is -2.48. The van der Waals surface area contributed by atoms with Gasteiger partial charge in [-0.2, -0.15) is 0 Å². The van der Waals surface area contributed by atoms with Crippen molar-refractivity contribution in [2.24, 2.45) is 0 Å². The van der Waals surface area contributed by atoms with Crippen molar-refractivity contribution in [1.82, 2.24) is 4.90 Å². The van der Waals surface area contributed by atoms with Crippen LogP contribution < -0.4 is 4.74 Å². The normalized spacial score (nSPS) is 26.0. The van der Waals surface area contributed by atoms with Crippen LogP contribution in [-0.4, -0.2) is 37.7 Å². The minimum Gasteiger partial charge on any atom is -0.497 e. The smallest absolute Gasteiger partial charge is 0.119 e. The number of hydrogen-bond acceptors (Lipinski definition) is 3. The van der Waals surface area contributed by atoms with Gasteiger partial charge in [-0.05, 0) is 42.6 Å². The van der Waals surface area contributed by atoms with Gasteiger partial charge >= 0.3 is 0 Å². The maximum atomic E-state index is 6.04. The van der Waals surface area contributed by atoms with Gasteiger partial charge in [-0.3, -0.25) is 4.90 Å². The van der Waals surface area contributed by atoms with E-state index in [9.17, 15) is 0 Å². The first-order valence-electron chi connectivity index (χ1n) is 6.86. The van der Waals surface area contributed by atoms with Gasteiger partial charge in [-0.25, -0.2) is 0 Å². The first-order chi connectivity index (χ1) is 8.83. The van der Waals surface area contributed by atoms with Gasteiger partial charge in [0.15, 0.2) is 0 Å². The molecule has 0 spiro atoms. The highest BCUT2D eigenvalue weighted by Gasteiger charge is 2.36. The Balaban J connectivity index is 0.00000133. The van der Waals surface area contributed by atoms with Crippen LogP contribution in [0.25, 0.3) is 0 Å². The zero-order valence-electron chi connectivity index (χ0n) is 11.6. The van der Waals surface area contributed by atoms with E-state index in [1.165, 1.54) is 17.5 Å². The number of aryl methyl sites for hydroxylation is 1. The molecule has 0 unspecified atom stereocenters. The average Bonchev–Trinajstić information content (AvgIpc) is 2.45. The minimum atomic E-state index is 0. The predicted octanol–water partition coefficient (Wildman–Crippen LogP) is 2.83. The Bertz CT molecular complexity index is 438. The van der Waals surface area contributed by atoms with Crippen LogP contribution in [-0.2, 0) is 11.2 Å². The van der Waals surface area contributed by atoms with E-state index in [1.807, 2.05) is 0 Å². The van der Waals surface area contributed by atoms with Crippen LogP contribution in [0.5, 0.6) is 5.75 Å². The van der Waals surface area contributed by atoms with E-state index in [0.29, 0.717) is 6.04 Å². The third-order valence-electron chi connectivity index (χ3n) is 4.27. The molecular formula is C15H22ClNO2. The third kappa shape index (κ3) is 2.60. The number of ether oxygens (including phenoxy) is 2. The van der Waals surface area contributed by atoms with Crippen LogP contribution in [0.2, 0.25) is 0 Å². The summed E-state index contributed by atoms with van der Waals surface area (Å²) in [6.45, 7) is 5.26. The highest BCUT2D eigenvalue weighted by Crippen LogP contribution is 2.39. The van der Waals surface area contributed by atoms with E-state index in [0.717, 1.165) is 31.9 Å². The molecule has 3 nitrogen and oxygen atoms in total. The van der Waals surface area contributed by atoms with Crippen molar-refractivity contribution in [3.63, 3.8) is 0 Å². The van der Waals surface area contributed by atoms with Gasteiger partial charge in [0.05, 0.1) is 19.8 Å². The molecule has 1 aliphatic carbocycles. The molecule has 4 heteroatoms. The molecule has 2 aliphatic rings.